The lowest BCUT2D eigenvalue weighted by Gasteiger charge is -2.37. The van der Waals surface area contributed by atoms with Gasteiger partial charge in [-0.25, -0.2) is 4.79 Å². The van der Waals surface area contributed by atoms with Crippen molar-refractivity contribution in [3.63, 3.8) is 0 Å². The van der Waals surface area contributed by atoms with Crippen LogP contribution >= 0.6 is 0 Å². The van der Waals surface area contributed by atoms with Gasteiger partial charge in [0.25, 0.3) is 0 Å². The van der Waals surface area contributed by atoms with E-state index in [2.05, 4.69) is 23.1 Å². The highest BCUT2D eigenvalue weighted by atomic mass is 16.5. The number of hydrogen-bond donors (Lipinski definition) is 0. The molecule has 4 nitrogen and oxygen atoms in total. The number of rotatable bonds is 2. The summed E-state index contributed by atoms with van der Waals surface area (Å²) in [5, 5.41) is 0. The van der Waals surface area contributed by atoms with Crippen LogP contribution < -0.4 is 0 Å². The highest BCUT2D eigenvalue weighted by Crippen LogP contribution is 2.30. The van der Waals surface area contributed by atoms with Crippen molar-refractivity contribution >= 4 is 6.09 Å². The molecular formula is C14H20N2O2. The van der Waals surface area contributed by atoms with Crippen molar-refractivity contribution < 1.29 is 9.53 Å². The van der Waals surface area contributed by atoms with Crippen LogP contribution in [0.2, 0.25) is 0 Å². The Hall–Kier alpha value is -1.55. The van der Waals surface area contributed by atoms with Crippen molar-refractivity contribution in [3.05, 3.63) is 35.4 Å². The summed E-state index contributed by atoms with van der Waals surface area (Å²) in [6, 6.07) is 8.42. The molecule has 0 spiro atoms. The Bertz CT molecular complexity index is 432. The van der Waals surface area contributed by atoms with Crippen LogP contribution in [0.25, 0.3) is 0 Å². The molecule has 1 unspecified atom stereocenters. The van der Waals surface area contributed by atoms with E-state index in [-0.39, 0.29) is 12.1 Å². The first kappa shape index (κ1) is 12.9. The van der Waals surface area contributed by atoms with Gasteiger partial charge in [-0.2, -0.15) is 0 Å². The van der Waals surface area contributed by atoms with Gasteiger partial charge < -0.3 is 9.64 Å². The average Bonchev–Trinajstić information content (AvgIpc) is 2.37. The average molecular weight is 248 g/mol. The standard InChI is InChI=1S/C14H20N2O2/c1-15(2)10-13-12-7-5-4-6-11(12)8-9-16(13)14(17)18-3/h4-7,13H,8-10H2,1-3H3. The van der Waals surface area contributed by atoms with E-state index in [1.807, 2.05) is 25.1 Å². The minimum atomic E-state index is -0.239. The maximum absolute atomic E-state index is 11.9. The Balaban J connectivity index is 2.33. The predicted molar refractivity (Wildman–Crippen MR) is 70.6 cm³/mol. The van der Waals surface area contributed by atoms with Gasteiger partial charge in [-0.1, -0.05) is 24.3 Å². The van der Waals surface area contributed by atoms with Crippen molar-refractivity contribution in [2.45, 2.75) is 12.5 Å². The van der Waals surface area contributed by atoms with Crippen LogP contribution in [0.15, 0.2) is 24.3 Å². The van der Waals surface area contributed by atoms with Crippen LogP contribution in [0.3, 0.4) is 0 Å². The van der Waals surface area contributed by atoms with Crippen LogP contribution in [-0.4, -0.2) is 50.2 Å². The normalized spacial score (nSPS) is 18.7. The van der Waals surface area contributed by atoms with Gasteiger partial charge in [0.15, 0.2) is 0 Å². The second-order valence-electron chi connectivity index (χ2n) is 4.89. The topological polar surface area (TPSA) is 32.8 Å². The molecule has 0 aliphatic carbocycles. The zero-order chi connectivity index (χ0) is 13.1. The van der Waals surface area contributed by atoms with Gasteiger partial charge in [0.05, 0.1) is 13.2 Å². The number of fused-ring (bicyclic) bond motifs is 1. The predicted octanol–water partition coefficient (Wildman–Crippen LogP) is 1.91. The first-order valence-corrected chi connectivity index (χ1v) is 6.20. The molecule has 1 amide bonds. The molecule has 1 aliphatic rings. The second kappa shape index (κ2) is 5.40. The largest absolute Gasteiger partial charge is 0.453 e. The third-order valence-electron chi connectivity index (χ3n) is 3.36. The van der Waals surface area contributed by atoms with Crippen LogP contribution in [0.4, 0.5) is 4.79 Å². The zero-order valence-electron chi connectivity index (χ0n) is 11.2. The van der Waals surface area contributed by atoms with Crippen molar-refractivity contribution in [3.8, 4) is 0 Å². The van der Waals surface area contributed by atoms with Gasteiger partial charge in [-0.05, 0) is 31.6 Å². The molecule has 0 N–H and O–H groups in total. The quantitative estimate of drug-likeness (QED) is 0.801. The number of benzene rings is 1. The van der Waals surface area contributed by atoms with Crippen LogP contribution in [0.5, 0.6) is 0 Å². The molecule has 1 aromatic rings. The van der Waals surface area contributed by atoms with Crippen molar-refractivity contribution in [2.24, 2.45) is 0 Å². The minimum absolute atomic E-state index is 0.0809. The van der Waals surface area contributed by atoms with E-state index < -0.39 is 0 Å². The maximum Gasteiger partial charge on any atom is 0.410 e. The van der Waals surface area contributed by atoms with E-state index in [0.717, 1.165) is 19.5 Å². The van der Waals surface area contributed by atoms with E-state index in [1.165, 1.54) is 18.2 Å². The number of nitrogens with zero attached hydrogens (tertiary/aromatic N) is 2. The first-order valence-electron chi connectivity index (χ1n) is 6.20. The summed E-state index contributed by atoms with van der Waals surface area (Å²) in [6.45, 7) is 1.54. The number of ether oxygens (including phenoxy) is 1. The third kappa shape index (κ3) is 2.48. The fourth-order valence-corrected chi connectivity index (χ4v) is 2.53. The van der Waals surface area contributed by atoms with Gasteiger partial charge in [-0.3, -0.25) is 4.90 Å². The number of carbonyl (C=O) groups is 1. The molecule has 2 rings (SSSR count). The monoisotopic (exact) mass is 248 g/mol. The summed E-state index contributed by atoms with van der Waals surface area (Å²) in [6.07, 6.45) is 0.659. The van der Waals surface area contributed by atoms with Crippen LogP contribution in [-0.2, 0) is 11.2 Å². The van der Waals surface area contributed by atoms with Crippen molar-refractivity contribution in [2.75, 3.05) is 34.3 Å². The summed E-state index contributed by atoms with van der Waals surface area (Å²) in [4.78, 5) is 15.8. The van der Waals surface area contributed by atoms with Gasteiger partial charge in [0.2, 0.25) is 0 Å². The summed E-state index contributed by atoms with van der Waals surface area (Å²) in [5.41, 5.74) is 2.58. The number of methoxy groups -OCH3 is 1. The lowest BCUT2D eigenvalue weighted by atomic mass is 9.92. The van der Waals surface area contributed by atoms with Gasteiger partial charge >= 0.3 is 6.09 Å². The van der Waals surface area contributed by atoms with E-state index in [1.54, 1.807) is 0 Å². The maximum atomic E-state index is 11.9. The molecule has 1 aromatic carbocycles. The molecule has 4 heteroatoms. The summed E-state index contributed by atoms with van der Waals surface area (Å²) >= 11 is 0. The van der Waals surface area contributed by atoms with Gasteiger partial charge in [-0.15, -0.1) is 0 Å². The first-order chi connectivity index (χ1) is 8.63. The van der Waals surface area contributed by atoms with E-state index in [0.29, 0.717) is 0 Å². The molecule has 0 saturated carbocycles. The second-order valence-corrected chi connectivity index (χ2v) is 4.89. The fourth-order valence-electron chi connectivity index (χ4n) is 2.53. The van der Waals surface area contributed by atoms with Crippen LogP contribution in [0.1, 0.15) is 17.2 Å². The molecule has 1 heterocycles. The number of likely N-dealkylation sites (N-methyl/N-ethyl adjacent to an activating group) is 1. The number of amides is 1. The molecule has 0 radical (unpaired) electrons. The minimum Gasteiger partial charge on any atom is -0.453 e. The molecule has 0 aromatic heterocycles. The molecule has 0 fully saturated rings. The van der Waals surface area contributed by atoms with E-state index in [9.17, 15) is 4.79 Å². The third-order valence-corrected chi connectivity index (χ3v) is 3.36. The Labute approximate surface area is 108 Å². The molecule has 98 valence electrons. The fraction of sp³-hybridized carbons (Fsp3) is 0.500. The highest BCUT2D eigenvalue weighted by molar-refractivity contribution is 5.69. The van der Waals surface area contributed by atoms with E-state index in [4.69, 9.17) is 4.74 Å². The van der Waals surface area contributed by atoms with Crippen molar-refractivity contribution in [1.82, 2.24) is 9.80 Å². The Morgan fingerprint density at radius 2 is 2.17 bits per heavy atom. The zero-order valence-corrected chi connectivity index (χ0v) is 11.2. The smallest absolute Gasteiger partial charge is 0.410 e. The number of hydrogen-bond acceptors (Lipinski definition) is 3. The van der Waals surface area contributed by atoms with Gasteiger partial charge in [0.1, 0.15) is 0 Å². The summed E-state index contributed by atoms with van der Waals surface area (Å²) in [5.74, 6) is 0. The molecular weight excluding hydrogens is 228 g/mol. The summed E-state index contributed by atoms with van der Waals surface area (Å²) < 4.78 is 4.89. The molecule has 0 bridgehead atoms. The lowest BCUT2D eigenvalue weighted by molar-refractivity contribution is 0.0924. The van der Waals surface area contributed by atoms with Crippen LogP contribution in [0, 0.1) is 0 Å². The lowest BCUT2D eigenvalue weighted by Crippen LogP contribution is -2.43. The Kier molecular flexibility index (Phi) is 3.87. The van der Waals surface area contributed by atoms with Crippen molar-refractivity contribution in [1.29, 1.82) is 0 Å². The van der Waals surface area contributed by atoms with E-state index >= 15 is 0 Å². The SMILES string of the molecule is COC(=O)N1CCc2ccccc2C1CN(C)C. The molecule has 0 saturated heterocycles. The van der Waals surface area contributed by atoms with Gasteiger partial charge in [0, 0.05) is 13.1 Å². The molecule has 18 heavy (non-hydrogen) atoms. The Morgan fingerprint density at radius 3 is 2.83 bits per heavy atom. The Morgan fingerprint density at radius 1 is 1.44 bits per heavy atom. The summed E-state index contributed by atoms with van der Waals surface area (Å²) in [7, 11) is 5.48. The number of carbonyl (C=O) groups excluding carboxylic acids is 1. The highest BCUT2D eigenvalue weighted by Gasteiger charge is 2.31. The molecule has 1 aliphatic heterocycles. The molecule has 1 atom stereocenters.